The summed E-state index contributed by atoms with van der Waals surface area (Å²) in [6.07, 6.45) is 4.96. The van der Waals surface area contributed by atoms with Crippen molar-refractivity contribution in [1.29, 1.82) is 0 Å². The average molecular weight is 455 g/mol. The number of carbonyl (C=O) groups excluding carboxylic acids is 1. The van der Waals surface area contributed by atoms with E-state index in [1.807, 2.05) is 11.6 Å². The maximum atomic E-state index is 13.4. The van der Waals surface area contributed by atoms with Gasteiger partial charge in [-0.15, -0.1) is 0 Å². The van der Waals surface area contributed by atoms with Crippen molar-refractivity contribution in [1.82, 2.24) is 14.1 Å². The van der Waals surface area contributed by atoms with Gasteiger partial charge in [0.2, 0.25) is 15.9 Å². The van der Waals surface area contributed by atoms with Crippen molar-refractivity contribution < 1.29 is 17.6 Å². The van der Waals surface area contributed by atoms with E-state index in [-0.39, 0.29) is 34.8 Å². The number of benzene rings is 1. The number of nitrogens with zero attached hydrogens (tertiary/aromatic N) is 3. The first kappa shape index (κ1) is 21.3. The predicted molar refractivity (Wildman–Crippen MR) is 111 cm³/mol. The third-order valence-electron chi connectivity index (χ3n) is 5.75. The van der Waals surface area contributed by atoms with Crippen molar-refractivity contribution in [3.8, 4) is 0 Å². The van der Waals surface area contributed by atoms with Crippen LogP contribution in [0, 0.1) is 24.6 Å². The second kappa shape index (κ2) is 8.28. The van der Waals surface area contributed by atoms with Crippen LogP contribution in [0.4, 0.5) is 10.2 Å². The number of carbonyl (C=O) groups is 1. The Morgan fingerprint density at radius 3 is 2.60 bits per heavy atom. The van der Waals surface area contributed by atoms with Gasteiger partial charge < -0.3 is 5.32 Å². The molecular weight excluding hydrogens is 431 g/mol. The number of sulfonamides is 1. The van der Waals surface area contributed by atoms with Gasteiger partial charge in [-0.3, -0.25) is 4.79 Å². The Morgan fingerprint density at radius 1 is 1.27 bits per heavy atom. The number of hydrogen-bond donors (Lipinski definition) is 1. The maximum Gasteiger partial charge on any atom is 0.243 e. The highest BCUT2D eigenvalue weighted by atomic mass is 35.5. The molecule has 2 aliphatic rings. The highest BCUT2D eigenvalue weighted by molar-refractivity contribution is 7.89. The van der Waals surface area contributed by atoms with Crippen molar-refractivity contribution >= 4 is 33.3 Å². The molecule has 1 aromatic carbocycles. The van der Waals surface area contributed by atoms with E-state index in [4.69, 9.17) is 11.6 Å². The van der Waals surface area contributed by atoms with Gasteiger partial charge in [0.15, 0.2) is 0 Å². The molecule has 7 nitrogen and oxygen atoms in total. The number of piperidine rings is 1. The van der Waals surface area contributed by atoms with Gasteiger partial charge in [0, 0.05) is 31.1 Å². The van der Waals surface area contributed by atoms with Crippen LogP contribution in [0.5, 0.6) is 0 Å². The monoisotopic (exact) mass is 454 g/mol. The van der Waals surface area contributed by atoms with E-state index in [9.17, 15) is 17.6 Å². The third-order valence-corrected chi connectivity index (χ3v) is 7.93. The SMILES string of the molecule is Cc1cnn(CC2CC2)c1NC(=O)C1CCN(S(=O)(=O)c2ccc(F)c(Cl)c2)CC1. The Kier molecular flexibility index (Phi) is 5.87. The van der Waals surface area contributed by atoms with E-state index in [0.29, 0.717) is 18.8 Å². The summed E-state index contributed by atoms with van der Waals surface area (Å²) in [5, 5.41) is 7.12. The van der Waals surface area contributed by atoms with Gasteiger partial charge >= 0.3 is 0 Å². The Balaban J connectivity index is 1.39. The van der Waals surface area contributed by atoms with Gasteiger partial charge in [0.05, 0.1) is 16.1 Å². The molecule has 0 bridgehead atoms. The summed E-state index contributed by atoms with van der Waals surface area (Å²) in [6.45, 7) is 3.15. The summed E-state index contributed by atoms with van der Waals surface area (Å²) in [7, 11) is -3.78. The molecule has 4 rings (SSSR count). The zero-order valence-corrected chi connectivity index (χ0v) is 18.2. The van der Waals surface area contributed by atoms with Gasteiger partial charge in [-0.25, -0.2) is 17.5 Å². The predicted octanol–water partition coefficient (Wildman–Crippen LogP) is 3.43. The number of aromatic nitrogens is 2. The minimum atomic E-state index is -3.78. The van der Waals surface area contributed by atoms with Crippen molar-refractivity contribution in [2.24, 2.45) is 11.8 Å². The minimum Gasteiger partial charge on any atom is -0.310 e. The lowest BCUT2D eigenvalue weighted by atomic mass is 9.97. The van der Waals surface area contributed by atoms with Crippen LogP contribution < -0.4 is 5.32 Å². The summed E-state index contributed by atoms with van der Waals surface area (Å²) in [6, 6.07) is 3.37. The Bertz CT molecular complexity index is 1060. The normalized spacial score (nSPS) is 18.5. The molecule has 1 N–H and O–H groups in total. The number of nitrogens with one attached hydrogen (secondary N) is 1. The molecule has 10 heteroatoms. The van der Waals surface area contributed by atoms with Crippen LogP contribution in [-0.2, 0) is 21.4 Å². The van der Waals surface area contributed by atoms with E-state index in [1.165, 1.54) is 23.2 Å². The van der Waals surface area contributed by atoms with E-state index in [0.717, 1.165) is 30.1 Å². The second-order valence-corrected chi connectivity index (χ2v) is 10.4. The smallest absolute Gasteiger partial charge is 0.243 e. The molecule has 0 spiro atoms. The highest BCUT2D eigenvalue weighted by Crippen LogP contribution is 2.32. The molecule has 0 atom stereocenters. The lowest BCUT2D eigenvalue weighted by Gasteiger charge is -2.30. The van der Waals surface area contributed by atoms with Gasteiger partial charge in [-0.05, 0) is 56.7 Å². The third kappa shape index (κ3) is 4.38. The topological polar surface area (TPSA) is 84.3 Å². The molecule has 162 valence electrons. The van der Waals surface area contributed by atoms with Crippen molar-refractivity contribution in [3.05, 3.63) is 40.8 Å². The number of rotatable bonds is 6. The van der Waals surface area contributed by atoms with E-state index < -0.39 is 15.8 Å². The first-order chi connectivity index (χ1) is 14.3. The molecule has 2 heterocycles. The summed E-state index contributed by atoms with van der Waals surface area (Å²) in [4.78, 5) is 12.8. The zero-order valence-electron chi connectivity index (χ0n) is 16.6. The number of amides is 1. The number of anilines is 1. The zero-order chi connectivity index (χ0) is 21.5. The molecule has 2 fully saturated rings. The van der Waals surface area contributed by atoms with E-state index in [2.05, 4.69) is 10.4 Å². The highest BCUT2D eigenvalue weighted by Gasteiger charge is 2.33. The number of aryl methyl sites for hydroxylation is 1. The van der Waals surface area contributed by atoms with Gasteiger partial charge in [0.25, 0.3) is 0 Å². The van der Waals surface area contributed by atoms with E-state index in [1.54, 1.807) is 6.20 Å². The quantitative estimate of drug-likeness (QED) is 0.724. The summed E-state index contributed by atoms with van der Waals surface area (Å²) in [5.41, 5.74) is 0.914. The first-order valence-electron chi connectivity index (χ1n) is 10.0. The van der Waals surface area contributed by atoms with Crippen molar-refractivity contribution in [2.45, 2.75) is 44.0 Å². The molecule has 1 saturated heterocycles. The molecule has 1 aliphatic carbocycles. The van der Waals surface area contributed by atoms with Crippen LogP contribution in [-0.4, -0.2) is 41.5 Å². The minimum absolute atomic E-state index is 0.0450. The van der Waals surface area contributed by atoms with Crippen molar-refractivity contribution in [2.75, 3.05) is 18.4 Å². The lowest BCUT2D eigenvalue weighted by molar-refractivity contribution is -0.121. The average Bonchev–Trinajstić information content (AvgIpc) is 3.48. The largest absolute Gasteiger partial charge is 0.310 e. The molecule has 1 amide bonds. The summed E-state index contributed by atoms with van der Waals surface area (Å²) in [5.74, 6) is 0.299. The molecule has 30 heavy (non-hydrogen) atoms. The molecular formula is C20H24ClFN4O3S. The maximum absolute atomic E-state index is 13.4. The molecule has 2 aromatic rings. The lowest BCUT2D eigenvalue weighted by Crippen LogP contribution is -2.41. The fraction of sp³-hybridized carbons (Fsp3) is 0.500. The summed E-state index contributed by atoms with van der Waals surface area (Å²) >= 11 is 5.73. The van der Waals surface area contributed by atoms with Crippen molar-refractivity contribution in [3.63, 3.8) is 0 Å². The van der Waals surface area contributed by atoms with Crippen LogP contribution in [0.15, 0.2) is 29.3 Å². The standard InChI is InChI=1S/C20H24ClFN4O3S/c1-13-11-23-26(12-14-2-3-14)19(13)24-20(27)15-6-8-25(9-7-15)30(28,29)16-4-5-18(22)17(21)10-16/h4-5,10-11,14-15H,2-3,6-9,12H2,1H3,(H,24,27). The van der Waals surface area contributed by atoms with Crippen LogP contribution in [0.25, 0.3) is 0 Å². The number of hydrogen-bond acceptors (Lipinski definition) is 4. The number of halogens is 2. The molecule has 1 aliphatic heterocycles. The fourth-order valence-corrected chi connectivity index (χ4v) is 5.43. The Labute approximate surface area is 180 Å². The van der Waals surface area contributed by atoms with Crippen LogP contribution in [0.2, 0.25) is 5.02 Å². The summed E-state index contributed by atoms with van der Waals surface area (Å²) < 4.78 is 42.2. The van der Waals surface area contributed by atoms with Gasteiger partial charge in [-0.1, -0.05) is 11.6 Å². The Hall–Kier alpha value is -1.97. The Morgan fingerprint density at radius 2 is 1.97 bits per heavy atom. The van der Waals surface area contributed by atoms with Crippen LogP contribution in [0.1, 0.15) is 31.2 Å². The molecule has 1 aromatic heterocycles. The van der Waals surface area contributed by atoms with Gasteiger partial charge in [-0.2, -0.15) is 9.40 Å². The van der Waals surface area contributed by atoms with Gasteiger partial charge in [0.1, 0.15) is 11.6 Å². The molecule has 0 unspecified atom stereocenters. The van der Waals surface area contributed by atoms with E-state index >= 15 is 0 Å². The molecule has 1 saturated carbocycles. The van der Waals surface area contributed by atoms with Crippen LogP contribution in [0.3, 0.4) is 0 Å². The fourth-order valence-electron chi connectivity index (χ4n) is 3.69. The second-order valence-electron chi connectivity index (χ2n) is 8.05. The molecule has 0 radical (unpaired) electrons. The van der Waals surface area contributed by atoms with Crippen LogP contribution >= 0.6 is 11.6 Å². The first-order valence-corrected chi connectivity index (χ1v) is 11.9.